The van der Waals surface area contributed by atoms with Crippen molar-refractivity contribution in [3.63, 3.8) is 0 Å². The molecule has 27 heavy (non-hydrogen) atoms. The molecule has 0 aliphatic carbocycles. The van der Waals surface area contributed by atoms with Crippen molar-refractivity contribution in [2.75, 3.05) is 25.5 Å². The van der Waals surface area contributed by atoms with Gasteiger partial charge < -0.3 is 15.8 Å². The average Bonchev–Trinajstić information content (AvgIpc) is 2.67. The molecule has 0 heterocycles. The normalized spacial score (nSPS) is 11.2. The highest BCUT2D eigenvalue weighted by molar-refractivity contribution is 7.89. The number of nitrogens with two attached hydrogens (primary N) is 1. The van der Waals surface area contributed by atoms with E-state index in [9.17, 15) is 13.2 Å². The van der Waals surface area contributed by atoms with E-state index in [1.807, 2.05) is 24.3 Å². The quantitative estimate of drug-likeness (QED) is 0.573. The van der Waals surface area contributed by atoms with Gasteiger partial charge in [0.1, 0.15) is 5.75 Å². The van der Waals surface area contributed by atoms with Crippen molar-refractivity contribution in [2.45, 2.75) is 24.2 Å². The number of ether oxygens (including phenoxy) is 1. The molecule has 0 aliphatic rings. The standard InChI is InChI=1S/C19H25N3O4S/c1-26-17-10-8-15(9-11-17)4-2-7-19(23)22-16-5-3-6-18(14-16)27(24,25)21-13-12-20/h3,5-6,8-11,14,21H,2,4,7,12-13,20H2,1H3,(H,22,23). The summed E-state index contributed by atoms with van der Waals surface area (Å²) in [6, 6.07) is 13.9. The van der Waals surface area contributed by atoms with Crippen LogP contribution in [0.2, 0.25) is 0 Å². The van der Waals surface area contributed by atoms with Crippen molar-refractivity contribution in [1.29, 1.82) is 0 Å². The zero-order valence-electron chi connectivity index (χ0n) is 15.3. The zero-order chi connectivity index (χ0) is 19.7. The van der Waals surface area contributed by atoms with Crippen molar-refractivity contribution in [1.82, 2.24) is 4.72 Å². The SMILES string of the molecule is COc1ccc(CCCC(=O)Nc2cccc(S(=O)(=O)NCCN)c2)cc1. The third kappa shape index (κ3) is 6.67. The van der Waals surface area contributed by atoms with Gasteiger partial charge in [0.15, 0.2) is 0 Å². The fourth-order valence-electron chi connectivity index (χ4n) is 2.49. The maximum atomic E-state index is 12.1. The van der Waals surface area contributed by atoms with Crippen LogP contribution in [0.4, 0.5) is 5.69 Å². The fourth-order valence-corrected chi connectivity index (χ4v) is 3.58. The number of sulfonamides is 1. The molecule has 0 spiro atoms. The summed E-state index contributed by atoms with van der Waals surface area (Å²) in [5, 5.41) is 2.74. The molecule has 2 rings (SSSR count). The van der Waals surface area contributed by atoms with Crippen LogP contribution >= 0.6 is 0 Å². The van der Waals surface area contributed by atoms with Crippen LogP contribution in [0.25, 0.3) is 0 Å². The van der Waals surface area contributed by atoms with Crippen LogP contribution < -0.4 is 20.5 Å². The highest BCUT2D eigenvalue weighted by Crippen LogP contribution is 2.16. The van der Waals surface area contributed by atoms with E-state index in [-0.39, 0.29) is 23.9 Å². The molecule has 0 fully saturated rings. The number of benzene rings is 2. The summed E-state index contributed by atoms with van der Waals surface area (Å²) in [7, 11) is -2.01. The predicted octanol–water partition coefficient (Wildman–Crippen LogP) is 1.89. The second kappa shape index (κ2) is 10.1. The van der Waals surface area contributed by atoms with Gasteiger partial charge in [0.2, 0.25) is 15.9 Å². The number of aryl methyl sites for hydroxylation is 1. The number of carbonyl (C=O) groups excluding carboxylic acids is 1. The van der Waals surface area contributed by atoms with Crippen molar-refractivity contribution in [3.8, 4) is 5.75 Å². The van der Waals surface area contributed by atoms with E-state index in [0.717, 1.165) is 17.7 Å². The third-order valence-corrected chi connectivity index (χ3v) is 5.35. The van der Waals surface area contributed by atoms with E-state index in [2.05, 4.69) is 10.0 Å². The number of nitrogens with one attached hydrogen (secondary N) is 2. The second-order valence-corrected chi connectivity index (χ2v) is 7.73. The van der Waals surface area contributed by atoms with Crippen LogP contribution in [0.1, 0.15) is 18.4 Å². The Morgan fingerprint density at radius 2 is 1.89 bits per heavy atom. The van der Waals surface area contributed by atoms with Gasteiger partial charge in [0.05, 0.1) is 12.0 Å². The lowest BCUT2D eigenvalue weighted by Gasteiger charge is -2.09. The van der Waals surface area contributed by atoms with Crippen LogP contribution in [0.5, 0.6) is 5.75 Å². The number of rotatable bonds is 10. The summed E-state index contributed by atoms with van der Waals surface area (Å²) in [4.78, 5) is 12.2. The maximum Gasteiger partial charge on any atom is 0.240 e. The Balaban J connectivity index is 1.87. The van der Waals surface area contributed by atoms with Gasteiger partial charge in [-0.2, -0.15) is 0 Å². The van der Waals surface area contributed by atoms with Crippen molar-refractivity contribution >= 4 is 21.6 Å². The molecule has 0 atom stereocenters. The van der Waals surface area contributed by atoms with Crippen LogP contribution in [0.3, 0.4) is 0 Å². The Hall–Kier alpha value is -2.42. The lowest BCUT2D eigenvalue weighted by atomic mass is 10.1. The van der Waals surface area contributed by atoms with Gasteiger partial charge in [0, 0.05) is 25.2 Å². The molecule has 8 heteroatoms. The van der Waals surface area contributed by atoms with E-state index in [1.165, 1.54) is 12.1 Å². The number of anilines is 1. The highest BCUT2D eigenvalue weighted by Gasteiger charge is 2.14. The molecule has 4 N–H and O–H groups in total. The summed E-state index contributed by atoms with van der Waals surface area (Å²) in [5.41, 5.74) is 6.89. The maximum absolute atomic E-state index is 12.1. The highest BCUT2D eigenvalue weighted by atomic mass is 32.2. The van der Waals surface area contributed by atoms with Crippen molar-refractivity contribution in [3.05, 3.63) is 54.1 Å². The van der Waals surface area contributed by atoms with E-state index < -0.39 is 10.0 Å². The van der Waals surface area contributed by atoms with Gasteiger partial charge in [0.25, 0.3) is 0 Å². The second-order valence-electron chi connectivity index (χ2n) is 5.96. The van der Waals surface area contributed by atoms with E-state index in [1.54, 1.807) is 19.2 Å². The molecule has 0 aromatic heterocycles. The monoisotopic (exact) mass is 391 g/mol. The first-order valence-corrected chi connectivity index (χ1v) is 10.2. The summed E-state index contributed by atoms with van der Waals surface area (Å²) in [5.74, 6) is 0.639. The molecular weight excluding hydrogens is 366 g/mol. The Kier molecular flexibility index (Phi) is 7.78. The van der Waals surface area contributed by atoms with Gasteiger partial charge in [-0.15, -0.1) is 0 Å². The summed E-state index contributed by atoms with van der Waals surface area (Å²) in [6.45, 7) is 0.369. The number of carbonyl (C=O) groups is 1. The average molecular weight is 391 g/mol. The Bertz CT molecular complexity index is 852. The van der Waals surface area contributed by atoms with Gasteiger partial charge >= 0.3 is 0 Å². The van der Waals surface area contributed by atoms with Crippen LogP contribution in [-0.4, -0.2) is 34.5 Å². The van der Waals surface area contributed by atoms with Crippen LogP contribution in [0.15, 0.2) is 53.4 Å². The summed E-state index contributed by atoms with van der Waals surface area (Å²) in [6.07, 6.45) is 1.80. The molecule has 0 saturated heterocycles. The number of methoxy groups -OCH3 is 1. The van der Waals surface area contributed by atoms with Gasteiger partial charge in [-0.1, -0.05) is 18.2 Å². The largest absolute Gasteiger partial charge is 0.497 e. The van der Waals surface area contributed by atoms with Crippen LogP contribution in [-0.2, 0) is 21.2 Å². The molecule has 2 aromatic carbocycles. The molecule has 0 aliphatic heterocycles. The minimum Gasteiger partial charge on any atom is -0.497 e. The van der Waals surface area contributed by atoms with Gasteiger partial charge in [-0.25, -0.2) is 13.1 Å². The Morgan fingerprint density at radius 1 is 1.15 bits per heavy atom. The third-order valence-electron chi connectivity index (χ3n) is 3.89. The molecule has 7 nitrogen and oxygen atoms in total. The minimum atomic E-state index is -3.63. The Labute approximate surface area is 160 Å². The van der Waals surface area contributed by atoms with Crippen molar-refractivity contribution in [2.24, 2.45) is 5.73 Å². The van der Waals surface area contributed by atoms with Crippen LogP contribution in [0, 0.1) is 0 Å². The molecule has 1 amide bonds. The first-order chi connectivity index (χ1) is 12.9. The minimum absolute atomic E-state index is 0.0898. The lowest BCUT2D eigenvalue weighted by Crippen LogP contribution is -2.29. The van der Waals surface area contributed by atoms with E-state index in [0.29, 0.717) is 18.5 Å². The smallest absolute Gasteiger partial charge is 0.240 e. The molecular formula is C19H25N3O4S. The Morgan fingerprint density at radius 3 is 2.56 bits per heavy atom. The predicted molar refractivity (Wildman–Crippen MR) is 105 cm³/mol. The molecule has 0 unspecified atom stereocenters. The number of hydrogen-bond donors (Lipinski definition) is 3. The summed E-state index contributed by atoms with van der Waals surface area (Å²) < 4.78 is 31.7. The molecule has 0 bridgehead atoms. The lowest BCUT2D eigenvalue weighted by molar-refractivity contribution is -0.116. The zero-order valence-corrected chi connectivity index (χ0v) is 16.1. The van der Waals surface area contributed by atoms with Gasteiger partial charge in [-0.3, -0.25) is 4.79 Å². The number of hydrogen-bond acceptors (Lipinski definition) is 5. The summed E-state index contributed by atoms with van der Waals surface area (Å²) >= 11 is 0. The van der Waals surface area contributed by atoms with Gasteiger partial charge in [-0.05, 0) is 48.7 Å². The molecule has 0 saturated carbocycles. The van der Waals surface area contributed by atoms with E-state index in [4.69, 9.17) is 10.5 Å². The van der Waals surface area contributed by atoms with Crippen molar-refractivity contribution < 1.29 is 17.9 Å². The first kappa shape index (κ1) is 20.9. The van der Waals surface area contributed by atoms with E-state index >= 15 is 0 Å². The fraction of sp³-hybridized carbons (Fsp3) is 0.316. The molecule has 2 aromatic rings. The topological polar surface area (TPSA) is 111 Å². The molecule has 0 radical (unpaired) electrons. The molecule has 146 valence electrons. The number of amides is 1. The first-order valence-electron chi connectivity index (χ1n) is 8.67.